The minimum atomic E-state index is -0.274. The third kappa shape index (κ3) is 3.33. The number of amides is 2. The Balaban J connectivity index is 1.80. The van der Waals surface area contributed by atoms with E-state index in [1.54, 1.807) is 17.2 Å². The Morgan fingerprint density at radius 2 is 2.11 bits per heavy atom. The molecule has 0 unspecified atom stereocenters. The van der Waals surface area contributed by atoms with Crippen LogP contribution in [0.4, 0.5) is 0 Å². The number of rotatable bonds is 3. The van der Waals surface area contributed by atoms with Crippen molar-refractivity contribution < 1.29 is 9.59 Å². The van der Waals surface area contributed by atoms with Crippen molar-refractivity contribution in [3.63, 3.8) is 0 Å². The molecule has 7 heteroatoms. The summed E-state index contributed by atoms with van der Waals surface area (Å²) in [5.74, 6) is -0.320. The Kier molecular flexibility index (Phi) is 4.38. The number of halogens is 1. The summed E-state index contributed by atoms with van der Waals surface area (Å²) in [6, 6.07) is 1.67. The van der Waals surface area contributed by atoms with Gasteiger partial charge in [0.15, 0.2) is 0 Å². The summed E-state index contributed by atoms with van der Waals surface area (Å²) in [5, 5.41) is 5.78. The summed E-state index contributed by atoms with van der Waals surface area (Å²) in [5.41, 5.74) is 0.440. The van der Waals surface area contributed by atoms with Crippen molar-refractivity contribution in [2.24, 2.45) is 0 Å². The number of aromatic amines is 1. The van der Waals surface area contributed by atoms with E-state index in [0.29, 0.717) is 18.8 Å². The van der Waals surface area contributed by atoms with E-state index in [0.717, 1.165) is 17.6 Å². The summed E-state index contributed by atoms with van der Waals surface area (Å²) in [7, 11) is 0. The van der Waals surface area contributed by atoms with E-state index in [4.69, 9.17) is 0 Å². The number of H-pyrrole nitrogens is 1. The van der Waals surface area contributed by atoms with Gasteiger partial charge in [0.1, 0.15) is 5.69 Å². The lowest BCUT2D eigenvalue weighted by Crippen LogP contribution is -2.49. The number of piperazine rings is 1. The summed E-state index contributed by atoms with van der Waals surface area (Å²) in [6.45, 7) is 3.05. The van der Waals surface area contributed by atoms with Gasteiger partial charge in [-0.05, 0) is 22.0 Å². The Morgan fingerprint density at radius 1 is 1.39 bits per heavy atom. The quantitative estimate of drug-likeness (QED) is 0.731. The average Bonchev–Trinajstić information content (AvgIpc) is 2.83. The number of hydrogen-bond acceptors (Lipinski definition) is 3. The standard InChI is InChI=1S/C11H15BrN4O2/c12-8-5-9(14-6-8)11(18)15-7-10(17)16-3-1-13-2-4-16/h5-6,13-14H,1-4,7H2,(H,15,18). The number of carbonyl (C=O) groups excluding carboxylic acids is 2. The van der Waals surface area contributed by atoms with Crippen LogP contribution in [-0.4, -0.2) is 54.4 Å². The first-order valence-electron chi connectivity index (χ1n) is 5.77. The highest BCUT2D eigenvalue weighted by Crippen LogP contribution is 2.10. The maximum Gasteiger partial charge on any atom is 0.268 e. The van der Waals surface area contributed by atoms with Gasteiger partial charge in [-0.3, -0.25) is 9.59 Å². The summed E-state index contributed by atoms with van der Waals surface area (Å²) in [4.78, 5) is 28.1. The second kappa shape index (κ2) is 6.01. The van der Waals surface area contributed by atoms with Crippen molar-refractivity contribution in [2.45, 2.75) is 0 Å². The van der Waals surface area contributed by atoms with E-state index in [2.05, 4.69) is 31.5 Å². The molecule has 18 heavy (non-hydrogen) atoms. The van der Waals surface area contributed by atoms with Gasteiger partial charge in [0.05, 0.1) is 6.54 Å². The molecular formula is C11H15BrN4O2. The van der Waals surface area contributed by atoms with Gasteiger partial charge >= 0.3 is 0 Å². The second-order valence-electron chi connectivity index (χ2n) is 4.05. The summed E-state index contributed by atoms with van der Waals surface area (Å²) in [6.07, 6.45) is 1.67. The summed E-state index contributed by atoms with van der Waals surface area (Å²) < 4.78 is 0.807. The van der Waals surface area contributed by atoms with E-state index in [-0.39, 0.29) is 18.4 Å². The predicted octanol–water partition coefficient (Wildman–Crippen LogP) is -0.0612. The molecule has 2 heterocycles. The van der Waals surface area contributed by atoms with Crippen LogP contribution in [0.25, 0.3) is 0 Å². The monoisotopic (exact) mass is 314 g/mol. The average molecular weight is 315 g/mol. The van der Waals surface area contributed by atoms with Crippen LogP contribution in [-0.2, 0) is 4.79 Å². The normalized spacial score (nSPS) is 15.5. The van der Waals surface area contributed by atoms with Crippen molar-refractivity contribution in [3.8, 4) is 0 Å². The van der Waals surface area contributed by atoms with Gasteiger partial charge < -0.3 is 20.5 Å². The molecule has 1 aromatic heterocycles. The summed E-state index contributed by atoms with van der Waals surface area (Å²) >= 11 is 3.25. The molecule has 1 aliphatic heterocycles. The van der Waals surface area contributed by atoms with Gasteiger partial charge in [-0.2, -0.15) is 0 Å². The van der Waals surface area contributed by atoms with Crippen LogP contribution >= 0.6 is 15.9 Å². The van der Waals surface area contributed by atoms with Crippen LogP contribution in [0.15, 0.2) is 16.7 Å². The van der Waals surface area contributed by atoms with Crippen molar-refractivity contribution in [3.05, 3.63) is 22.4 Å². The fourth-order valence-electron chi connectivity index (χ4n) is 1.78. The molecular weight excluding hydrogens is 300 g/mol. The maximum absolute atomic E-state index is 11.8. The molecule has 1 aliphatic rings. The topological polar surface area (TPSA) is 77.2 Å². The van der Waals surface area contributed by atoms with Crippen LogP contribution < -0.4 is 10.6 Å². The Hall–Kier alpha value is -1.34. The molecule has 0 atom stereocenters. The molecule has 1 aromatic rings. The fraction of sp³-hybridized carbons (Fsp3) is 0.455. The van der Waals surface area contributed by atoms with E-state index in [1.807, 2.05) is 0 Å². The smallest absolute Gasteiger partial charge is 0.268 e. The van der Waals surface area contributed by atoms with E-state index in [1.165, 1.54) is 0 Å². The van der Waals surface area contributed by atoms with E-state index >= 15 is 0 Å². The Bertz CT molecular complexity index is 440. The van der Waals surface area contributed by atoms with Crippen LogP contribution in [0.5, 0.6) is 0 Å². The van der Waals surface area contributed by atoms with Crippen molar-refractivity contribution >= 4 is 27.7 Å². The molecule has 98 valence electrons. The Morgan fingerprint density at radius 3 is 2.72 bits per heavy atom. The van der Waals surface area contributed by atoms with Gasteiger partial charge in [-0.1, -0.05) is 0 Å². The minimum absolute atomic E-state index is 0.0372. The number of hydrogen-bond donors (Lipinski definition) is 3. The van der Waals surface area contributed by atoms with Gasteiger partial charge in [0.25, 0.3) is 5.91 Å². The number of carbonyl (C=O) groups is 2. The first-order valence-corrected chi connectivity index (χ1v) is 6.57. The second-order valence-corrected chi connectivity index (χ2v) is 4.96. The molecule has 1 saturated heterocycles. The number of nitrogens with zero attached hydrogens (tertiary/aromatic N) is 1. The molecule has 6 nitrogen and oxygen atoms in total. The molecule has 0 saturated carbocycles. The van der Waals surface area contributed by atoms with Gasteiger partial charge in [0.2, 0.25) is 5.91 Å². The van der Waals surface area contributed by atoms with Gasteiger partial charge in [-0.25, -0.2) is 0 Å². The van der Waals surface area contributed by atoms with E-state index in [9.17, 15) is 9.59 Å². The van der Waals surface area contributed by atoms with Crippen LogP contribution in [0, 0.1) is 0 Å². The lowest BCUT2D eigenvalue weighted by molar-refractivity contribution is -0.130. The third-order valence-corrected chi connectivity index (χ3v) is 3.22. The van der Waals surface area contributed by atoms with Crippen molar-refractivity contribution in [1.29, 1.82) is 0 Å². The lowest BCUT2D eigenvalue weighted by atomic mass is 10.3. The zero-order valence-electron chi connectivity index (χ0n) is 9.83. The van der Waals surface area contributed by atoms with Crippen molar-refractivity contribution in [2.75, 3.05) is 32.7 Å². The zero-order chi connectivity index (χ0) is 13.0. The van der Waals surface area contributed by atoms with Gasteiger partial charge in [-0.15, -0.1) is 0 Å². The molecule has 0 aliphatic carbocycles. The van der Waals surface area contributed by atoms with Gasteiger partial charge in [0, 0.05) is 36.8 Å². The Labute approximate surface area is 113 Å². The zero-order valence-corrected chi connectivity index (χ0v) is 11.4. The highest BCUT2D eigenvalue weighted by molar-refractivity contribution is 9.10. The third-order valence-electron chi connectivity index (χ3n) is 2.76. The molecule has 2 amide bonds. The van der Waals surface area contributed by atoms with E-state index < -0.39 is 0 Å². The maximum atomic E-state index is 11.8. The highest BCUT2D eigenvalue weighted by Gasteiger charge is 2.17. The molecule has 1 fully saturated rings. The van der Waals surface area contributed by atoms with Crippen molar-refractivity contribution in [1.82, 2.24) is 20.5 Å². The predicted molar refractivity (Wildman–Crippen MR) is 70.3 cm³/mol. The number of nitrogens with one attached hydrogen (secondary N) is 3. The van der Waals surface area contributed by atoms with Crippen LogP contribution in [0.1, 0.15) is 10.5 Å². The molecule has 0 bridgehead atoms. The molecule has 3 N–H and O–H groups in total. The fourth-order valence-corrected chi connectivity index (χ4v) is 2.12. The number of aromatic nitrogens is 1. The lowest BCUT2D eigenvalue weighted by Gasteiger charge is -2.27. The minimum Gasteiger partial charge on any atom is -0.356 e. The highest BCUT2D eigenvalue weighted by atomic mass is 79.9. The molecule has 2 rings (SSSR count). The first-order chi connectivity index (χ1) is 8.66. The van der Waals surface area contributed by atoms with Crippen LogP contribution in [0.2, 0.25) is 0 Å². The molecule has 0 aromatic carbocycles. The largest absolute Gasteiger partial charge is 0.356 e. The molecule has 0 spiro atoms. The first kappa shape index (κ1) is 13.1. The van der Waals surface area contributed by atoms with Crippen LogP contribution in [0.3, 0.4) is 0 Å². The SMILES string of the molecule is O=C(NCC(=O)N1CCNCC1)c1cc(Br)c[nH]1. The molecule has 0 radical (unpaired) electrons.